The number of likely N-dealkylation sites (tertiary alicyclic amines) is 1. The number of anilines is 2. The zero-order valence-corrected chi connectivity index (χ0v) is 23.7. The summed E-state index contributed by atoms with van der Waals surface area (Å²) in [7, 11) is 2.11. The number of pyridine rings is 1. The van der Waals surface area contributed by atoms with Crippen LogP contribution in [0, 0.1) is 13.8 Å². The van der Waals surface area contributed by atoms with Crippen LogP contribution in [0.1, 0.15) is 36.6 Å². The summed E-state index contributed by atoms with van der Waals surface area (Å²) >= 11 is 0. The van der Waals surface area contributed by atoms with Crippen molar-refractivity contribution in [3.8, 4) is 16.9 Å². The molecule has 1 aromatic carbocycles. The number of benzene rings is 1. The maximum absolute atomic E-state index is 13.0. The van der Waals surface area contributed by atoms with E-state index < -0.39 is 0 Å². The minimum Gasteiger partial charge on any atom is -0.383 e. The summed E-state index contributed by atoms with van der Waals surface area (Å²) in [6.45, 7) is 6.22. The zero-order valence-electron chi connectivity index (χ0n) is 23.7. The summed E-state index contributed by atoms with van der Waals surface area (Å²) in [5, 5.41) is 0.827. The van der Waals surface area contributed by atoms with Crippen LogP contribution in [0.25, 0.3) is 22.2 Å². The fraction of sp³-hybridized carbons (Fsp3) is 0.355. The fourth-order valence-electron chi connectivity index (χ4n) is 5.71. The van der Waals surface area contributed by atoms with Gasteiger partial charge in [0.15, 0.2) is 11.6 Å². The fourth-order valence-corrected chi connectivity index (χ4v) is 5.71. The van der Waals surface area contributed by atoms with Gasteiger partial charge in [-0.05, 0) is 75.5 Å². The lowest BCUT2D eigenvalue weighted by Crippen LogP contribution is -2.28. The van der Waals surface area contributed by atoms with E-state index in [0.29, 0.717) is 36.5 Å². The Balaban J connectivity index is 1.21. The van der Waals surface area contributed by atoms with Gasteiger partial charge in [0, 0.05) is 49.2 Å². The Kier molecular flexibility index (Phi) is 7.32. The molecule has 0 bridgehead atoms. The van der Waals surface area contributed by atoms with Crippen molar-refractivity contribution in [3.05, 3.63) is 72.3 Å². The topological polar surface area (TPSA) is 114 Å². The first-order valence-electron chi connectivity index (χ1n) is 14.1. The number of carbonyl (C=O) groups is 1. The molecule has 1 aliphatic carbocycles. The number of nitrogens with one attached hydrogen (secondary N) is 1. The second-order valence-corrected chi connectivity index (χ2v) is 11.0. The standard InChI is InChI=1S/C31H36N8O2/c1-20-12-14-33-26(17-20)36-41-25-10-6-22(7-11-25)28-21(2)39(31-29(28)30(32)34-19-35-31)24-13-16-38(18-24)27(40)5-4-15-37(3)23-8-9-23/h4-7,10-12,14,17,19,23-24H,8-9,13,15-16,18H2,1-3H3,(H,33,36)(H2,32,34,35)/b5-4+/t24-/m1/s1. The van der Waals surface area contributed by atoms with E-state index in [1.165, 1.54) is 19.2 Å². The first-order chi connectivity index (χ1) is 19.9. The summed E-state index contributed by atoms with van der Waals surface area (Å²) in [5.41, 5.74) is 14.2. The molecule has 10 nitrogen and oxygen atoms in total. The molecule has 6 rings (SSSR count). The van der Waals surface area contributed by atoms with Crippen molar-refractivity contribution in [3.63, 3.8) is 0 Å². The van der Waals surface area contributed by atoms with Gasteiger partial charge in [-0.3, -0.25) is 9.69 Å². The van der Waals surface area contributed by atoms with Gasteiger partial charge in [0.1, 0.15) is 17.8 Å². The van der Waals surface area contributed by atoms with Crippen molar-refractivity contribution < 1.29 is 9.63 Å². The third-order valence-electron chi connectivity index (χ3n) is 8.05. The normalized spacial score (nSPS) is 17.2. The Morgan fingerprint density at radius 2 is 1.95 bits per heavy atom. The Bertz CT molecular complexity index is 1590. The highest BCUT2D eigenvalue weighted by molar-refractivity contribution is 6.02. The van der Waals surface area contributed by atoms with Crippen LogP contribution >= 0.6 is 0 Å². The average Bonchev–Trinajstić information content (AvgIpc) is 3.63. The summed E-state index contributed by atoms with van der Waals surface area (Å²) < 4.78 is 2.23. The highest BCUT2D eigenvalue weighted by atomic mass is 16.6. The van der Waals surface area contributed by atoms with Crippen molar-refractivity contribution >= 4 is 28.6 Å². The van der Waals surface area contributed by atoms with E-state index in [1.54, 1.807) is 12.3 Å². The number of nitrogens with two attached hydrogens (primary N) is 1. The molecule has 41 heavy (non-hydrogen) atoms. The number of carbonyl (C=O) groups excluding carboxylic acids is 1. The second kappa shape index (κ2) is 11.2. The van der Waals surface area contributed by atoms with Crippen molar-refractivity contribution in [1.82, 2.24) is 29.3 Å². The van der Waals surface area contributed by atoms with Crippen molar-refractivity contribution in [2.75, 3.05) is 37.9 Å². The molecule has 1 atom stereocenters. The lowest BCUT2D eigenvalue weighted by atomic mass is 10.0. The Morgan fingerprint density at radius 3 is 2.71 bits per heavy atom. The Morgan fingerprint density at radius 1 is 1.15 bits per heavy atom. The van der Waals surface area contributed by atoms with Crippen molar-refractivity contribution in [1.29, 1.82) is 0 Å². The largest absolute Gasteiger partial charge is 0.383 e. The van der Waals surface area contributed by atoms with E-state index in [0.717, 1.165) is 46.4 Å². The molecule has 4 heterocycles. The number of fused-ring (bicyclic) bond motifs is 1. The van der Waals surface area contributed by atoms with Crippen LogP contribution in [-0.2, 0) is 4.79 Å². The third-order valence-corrected chi connectivity index (χ3v) is 8.05. The maximum Gasteiger partial charge on any atom is 0.246 e. The smallest absolute Gasteiger partial charge is 0.246 e. The van der Waals surface area contributed by atoms with E-state index >= 15 is 0 Å². The number of aryl methyl sites for hydroxylation is 1. The molecule has 0 spiro atoms. The van der Waals surface area contributed by atoms with E-state index in [1.807, 2.05) is 54.3 Å². The molecule has 10 heteroatoms. The van der Waals surface area contributed by atoms with E-state index in [2.05, 4.69) is 43.9 Å². The molecule has 3 aromatic heterocycles. The molecule has 4 aromatic rings. The molecule has 0 unspecified atom stereocenters. The molecule has 3 N–H and O–H groups in total. The first-order valence-corrected chi connectivity index (χ1v) is 14.1. The van der Waals surface area contributed by atoms with Gasteiger partial charge < -0.3 is 20.0 Å². The van der Waals surface area contributed by atoms with Crippen LogP contribution in [0.2, 0.25) is 0 Å². The lowest BCUT2D eigenvalue weighted by molar-refractivity contribution is -0.125. The van der Waals surface area contributed by atoms with E-state index in [4.69, 9.17) is 10.6 Å². The second-order valence-electron chi connectivity index (χ2n) is 11.0. The third kappa shape index (κ3) is 5.60. The number of amides is 1. The van der Waals surface area contributed by atoms with Gasteiger partial charge in [0.25, 0.3) is 0 Å². The molecule has 0 radical (unpaired) electrons. The predicted octanol–water partition coefficient (Wildman–Crippen LogP) is 4.52. The number of nitrogens with zero attached hydrogens (tertiary/aromatic N) is 6. The van der Waals surface area contributed by atoms with E-state index in [9.17, 15) is 4.79 Å². The number of hydrogen-bond donors (Lipinski definition) is 2. The quantitative estimate of drug-likeness (QED) is 0.230. The molecule has 1 saturated carbocycles. The van der Waals surface area contributed by atoms with Gasteiger partial charge in [-0.15, -0.1) is 0 Å². The van der Waals surface area contributed by atoms with Crippen LogP contribution in [0.4, 0.5) is 11.6 Å². The lowest BCUT2D eigenvalue weighted by Gasteiger charge is -2.18. The van der Waals surface area contributed by atoms with Crippen LogP contribution in [0.5, 0.6) is 5.75 Å². The molecule has 2 aliphatic rings. The molecular weight excluding hydrogens is 516 g/mol. The number of likely N-dealkylation sites (N-methyl/N-ethyl adjacent to an activating group) is 1. The highest BCUT2D eigenvalue weighted by Gasteiger charge is 2.31. The van der Waals surface area contributed by atoms with Gasteiger partial charge in [-0.2, -0.15) is 0 Å². The maximum atomic E-state index is 13.0. The first kappa shape index (κ1) is 26.8. The minimum atomic E-state index is 0.0604. The van der Waals surface area contributed by atoms with Crippen LogP contribution < -0.4 is 16.1 Å². The average molecular weight is 553 g/mol. The summed E-state index contributed by atoms with van der Waals surface area (Å²) in [6.07, 6.45) is 10.3. The van der Waals surface area contributed by atoms with Crippen LogP contribution in [0.15, 0.2) is 61.1 Å². The number of rotatable bonds is 9. The van der Waals surface area contributed by atoms with Crippen LogP contribution in [0.3, 0.4) is 0 Å². The van der Waals surface area contributed by atoms with Crippen molar-refractivity contribution in [2.24, 2.45) is 0 Å². The molecular formula is C31H36N8O2. The molecule has 1 aliphatic heterocycles. The van der Waals surface area contributed by atoms with E-state index in [-0.39, 0.29) is 11.9 Å². The van der Waals surface area contributed by atoms with Gasteiger partial charge in [-0.25, -0.2) is 20.4 Å². The number of nitrogen functional groups attached to an aromatic ring is 1. The molecule has 1 saturated heterocycles. The van der Waals surface area contributed by atoms with Crippen molar-refractivity contribution in [2.45, 2.75) is 45.2 Å². The summed E-state index contributed by atoms with van der Waals surface area (Å²) in [5.74, 6) is 1.80. The molecule has 1 amide bonds. The highest BCUT2D eigenvalue weighted by Crippen LogP contribution is 2.40. The predicted molar refractivity (Wildman–Crippen MR) is 160 cm³/mol. The summed E-state index contributed by atoms with van der Waals surface area (Å²) in [6, 6.07) is 12.4. The van der Waals surface area contributed by atoms with Gasteiger partial charge in [0.2, 0.25) is 5.91 Å². The Hall–Kier alpha value is -4.44. The van der Waals surface area contributed by atoms with Gasteiger partial charge >= 0.3 is 0 Å². The molecule has 2 fully saturated rings. The summed E-state index contributed by atoms with van der Waals surface area (Å²) in [4.78, 5) is 36.1. The molecule has 212 valence electrons. The van der Waals surface area contributed by atoms with Gasteiger partial charge in [0.05, 0.1) is 11.4 Å². The minimum absolute atomic E-state index is 0.0604. The Labute approximate surface area is 239 Å². The number of aromatic nitrogens is 4. The number of hydrogen-bond acceptors (Lipinski definition) is 8. The monoisotopic (exact) mass is 552 g/mol. The van der Waals surface area contributed by atoms with Gasteiger partial charge in [-0.1, -0.05) is 18.2 Å². The van der Waals surface area contributed by atoms with Crippen LogP contribution in [-0.4, -0.2) is 67.9 Å². The zero-order chi connectivity index (χ0) is 28.5. The SMILES string of the molecule is Cc1ccnc(NOc2ccc(-c3c(C)n([C@@H]4CCN(C(=O)/C=C/CN(C)C5CC5)C4)c4ncnc(N)c34)cc2)c1.